The average molecular weight is 616 g/mol. The van der Waals surface area contributed by atoms with Crippen molar-refractivity contribution in [2.45, 2.75) is 112 Å². The Labute approximate surface area is 266 Å². The van der Waals surface area contributed by atoms with E-state index < -0.39 is 6.09 Å². The molecule has 0 aliphatic carbocycles. The van der Waals surface area contributed by atoms with Crippen LogP contribution in [0.1, 0.15) is 106 Å². The summed E-state index contributed by atoms with van der Waals surface area (Å²) in [5.41, 5.74) is 1.78. The fourth-order valence-electron chi connectivity index (χ4n) is 6.52. The third kappa shape index (κ3) is 9.49. The van der Waals surface area contributed by atoms with Gasteiger partial charge in [-0.15, -0.1) is 0 Å². The van der Waals surface area contributed by atoms with E-state index in [1.54, 1.807) is 4.90 Å². The van der Waals surface area contributed by atoms with Crippen LogP contribution in [0.25, 0.3) is 11.0 Å². The van der Waals surface area contributed by atoms with Crippen LogP contribution < -0.4 is 9.47 Å². The van der Waals surface area contributed by atoms with E-state index in [-0.39, 0.29) is 17.4 Å². The minimum atomic E-state index is -0.828. The molecule has 1 saturated heterocycles. The van der Waals surface area contributed by atoms with E-state index in [1.165, 1.54) is 0 Å². The van der Waals surface area contributed by atoms with Crippen molar-refractivity contribution in [3.05, 3.63) is 18.0 Å². The highest BCUT2D eigenvalue weighted by atomic mass is 16.5. The first-order valence-corrected chi connectivity index (χ1v) is 17.3. The second-order valence-corrected chi connectivity index (χ2v) is 13.3. The first kappa shape index (κ1) is 36.0. The van der Waals surface area contributed by atoms with Crippen molar-refractivity contribution in [2.24, 2.45) is 5.41 Å². The molecule has 2 atom stereocenters. The molecule has 0 saturated carbocycles. The molecule has 1 aromatic heterocycles. The SMILES string of the molecule is CCCCn1c(C2CCN(C(=O)O)C(C(C)(C)C)C2)nc2c(OCCCN(CC)CC)cc(OCCCN(CC)CC)cc21. The van der Waals surface area contributed by atoms with Crippen molar-refractivity contribution in [3.8, 4) is 11.5 Å². The molecule has 2 heterocycles. The Hall–Kier alpha value is -2.52. The van der Waals surface area contributed by atoms with Gasteiger partial charge in [-0.2, -0.15) is 0 Å². The molecule has 1 amide bonds. The van der Waals surface area contributed by atoms with Gasteiger partial charge < -0.3 is 33.8 Å². The maximum Gasteiger partial charge on any atom is 0.407 e. The maximum atomic E-state index is 12.1. The number of hydrogen-bond acceptors (Lipinski definition) is 6. The lowest BCUT2D eigenvalue weighted by atomic mass is 9.77. The zero-order valence-corrected chi connectivity index (χ0v) is 29.0. The maximum absolute atomic E-state index is 12.1. The minimum Gasteiger partial charge on any atom is -0.493 e. The van der Waals surface area contributed by atoms with Crippen molar-refractivity contribution < 1.29 is 19.4 Å². The van der Waals surface area contributed by atoms with Gasteiger partial charge in [-0.25, -0.2) is 9.78 Å². The smallest absolute Gasteiger partial charge is 0.407 e. The predicted octanol–water partition coefficient (Wildman–Crippen LogP) is 7.33. The Morgan fingerprint density at radius 1 is 0.955 bits per heavy atom. The Morgan fingerprint density at radius 2 is 1.57 bits per heavy atom. The van der Waals surface area contributed by atoms with Gasteiger partial charge >= 0.3 is 6.09 Å². The summed E-state index contributed by atoms with van der Waals surface area (Å²) in [4.78, 5) is 23.9. The molecule has 0 spiro atoms. The van der Waals surface area contributed by atoms with Gasteiger partial charge in [0.2, 0.25) is 0 Å². The molecule has 9 nitrogen and oxygen atoms in total. The molecule has 0 bridgehead atoms. The molecule has 1 fully saturated rings. The highest BCUT2D eigenvalue weighted by molar-refractivity contribution is 5.84. The molecule has 1 aliphatic heterocycles. The third-order valence-corrected chi connectivity index (χ3v) is 9.32. The number of hydrogen-bond donors (Lipinski definition) is 1. The van der Waals surface area contributed by atoms with Gasteiger partial charge in [0.05, 0.1) is 18.7 Å². The summed E-state index contributed by atoms with van der Waals surface area (Å²) in [7, 11) is 0. The highest BCUT2D eigenvalue weighted by Crippen LogP contribution is 2.41. The second kappa shape index (κ2) is 17.2. The van der Waals surface area contributed by atoms with E-state index in [0.717, 1.165) is 113 Å². The van der Waals surface area contributed by atoms with Gasteiger partial charge in [-0.05, 0) is 63.7 Å². The van der Waals surface area contributed by atoms with Crippen molar-refractivity contribution >= 4 is 17.1 Å². The Morgan fingerprint density at radius 3 is 2.11 bits per heavy atom. The molecule has 1 N–H and O–H groups in total. The standard InChI is InChI=1S/C35H61N5O4/c1-9-14-20-39-29-25-28(43-22-15-18-37(10-2)11-3)26-30(44-23-16-19-38(12-4)13-5)32(29)36-33(39)27-17-21-40(34(41)42)31(24-27)35(6,7)8/h25-27,31H,9-24H2,1-8H3,(H,41,42). The topological polar surface area (TPSA) is 83.3 Å². The predicted molar refractivity (Wildman–Crippen MR) is 180 cm³/mol. The molecular formula is C35H61N5O4. The Balaban J connectivity index is 1.97. The van der Waals surface area contributed by atoms with Crippen LogP contribution in [0.5, 0.6) is 11.5 Å². The molecule has 3 rings (SSSR count). The summed E-state index contributed by atoms with van der Waals surface area (Å²) in [6.45, 7) is 26.3. The van der Waals surface area contributed by atoms with Gasteiger partial charge in [0, 0.05) is 50.3 Å². The minimum absolute atomic E-state index is 0.0707. The fourth-order valence-corrected chi connectivity index (χ4v) is 6.52. The lowest BCUT2D eigenvalue weighted by molar-refractivity contribution is 0.0511. The van der Waals surface area contributed by atoms with E-state index in [9.17, 15) is 9.90 Å². The van der Waals surface area contributed by atoms with Crippen LogP contribution in [0.4, 0.5) is 4.79 Å². The number of likely N-dealkylation sites (tertiary alicyclic amines) is 1. The van der Waals surface area contributed by atoms with Crippen LogP contribution in [-0.2, 0) is 6.54 Å². The summed E-state index contributed by atoms with van der Waals surface area (Å²) in [6.07, 6.45) is 4.75. The molecule has 1 aromatic carbocycles. The summed E-state index contributed by atoms with van der Waals surface area (Å²) in [5.74, 6) is 2.84. The summed E-state index contributed by atoms with van der Waals surface area (Å²) < 4.78 is 15.2. The zero-order valence-electron chi connectivity index (χ0n) is 29.0. The molecule has 2 aromatic rings. The number of unbranched alkanes of at least 4 members (excludes halogenated alkanes) is 1. The first-order valence-electron chi connectivity index (χ1n) is 17.3. The Kier molecular flexibility index (Phi) is 14.1. The van der Waals surface area contributed by atoms with Gasteiger partial charge in [0.25, 0.3) is 0 Å². The molecule has 250 valence electrons. The van der Waals surface area contributed by atoms with Crippen molar-refractivity contribution in [2.75, 3.05) is 59.0 Å². The third-order valence-electron chi connectivity index (χ3n) is 9.32. The largest absolute Gasteiger partial charge is 0.493 e. The number of nitrogens with zero attached hydrogens (tertiary/aromatic N) is 5. The van der Waals surface area contributed by atoms with Crippen LogP contribution in [0.3, 0.4) is 0 Å². The zero-order chi connectivity index (χ0) is 32.3. The number of rotatable bonds is 18. The van der Waals surface area contributed by atoms with Gasteiger partial charge in [0.1, 0.15) is 17.1 Å². The number of aryl methyl sites for hydroxylation is 1. The van der Waals surface area contributed by atoms with E-state index in [1.807, 2.05) is 6.07 Å². The van der Waals surface area contributed by atoms with Gasteiger partial charge in [-0.3, -0.25) is 0 Å². The van der Waals surface area contributed by atoms with Crippen molar-refractivity contribution in [1.82, 2.24) is 24.3 Å². The number of benzene rings is 1. The average Bonchev–Trinajstić information content (AvgIpc) is 3.37. The van der Waals surface area contributed by atoms with Crippen molar-refractivity contribution in [1.29, 1.82) is 0 Å². The van der Waals surface area contributed by atoms with Gasteiger partial charge in [-0.1, -0.05) is 61.8 Å². The fraction of sp³-hybridized carbons (Fsp3) is 0.771. The molecule has 2 unspecified atom stereocenters. The first-order chi connectivity index (χ1) is 21.1. The number of imidazole rings is 1. The molecule has 0 radical (unpaired) electrons. The highest BCUT2D eigenvalue weighted by Gasteiger charge is 2.40. The number of amides is 1. The number of piperidine rings is 1. The number of aromatic nitrogens is 2. The molecule has 44 heavy (non-hydrogen) atoms. The number of carboxylic acid groups (broad SMARTS) is 1. The summed E-state index contributed by atoms with van der Waals surface area (Å²) >= 11 is 0. The Bertz CT molecular complexity index is 1150. The lowest BCUT2D eigenvalue weighted by Gasteiger charge is -2.44. The van der Waals surface area contributed by atoms with E-state index in [0.29, 0.717) is 19.8 Å². The van der Waals surface area contributed by atoms with Crippen LogP contribution in [-0.4, -0.2) is 101 Å². The monoisotopic (exact) mass is 615 g/mol. The lowest BCUT2D eigenvalue weighted by Crippen LogP contribution is -2.51. The van der Waals surface area contributed by atoms with E-state index in [4.69, 9.17) is 14.5 Å². The molecule has 1 aliphatic rings. The van der Waals surface area contributed by atoms with E-state index >= 15 is 0 Å². The van der Waals surface area contributed by atoms with Crippen LogP contribution in [0, 0.1) is 5.41 Å². The van der Waals surface area contributed by atoms with E-state index in [2.05, 4.69) is 75.8 Å². The van der Waals surface area contributed by atoms with Crippen LogP contribution >= 0.6 is 0 Å². The molecular weight excluding hydrogens is 554 g/mol. The van der Waals surface area contributed by atoms with Crippen LogP contribution in [0.15, 0.2) is 12.1 Å². The summed E-state index contributed by atoms with van der Waals surface area (Å²) in [5, 5.41) is 9.97. The number of ether oxygens (including phenoxy) is 2. The second-order valence-electron chi connectivity index (χ2n) is 13.3. The van der Waals surface area contributed by atoms with Crippen LogP contribution in [0.2, 0.25) is 0 Å². The summed E-state index contributed by atoms with van der Waals surface area (Å²) in [6, 6.07) is 4.11. The molecule has 9 heteroatoms. The van der Waals surface area contributed by atoms with Crippen molar-refractivity contribution in [3.63, 3.8) is 0 Å². The number of fused-ring (bicyclic) bond motifs is 1. The quantitative estimate of drug-likeness (QED) is 0.176. The van der Waals surface area contributed by atoms with Gasteiger partial charge in [0.15, 0.2) is 5.75 Å². The normalized spacial score (nSPS) is 17.6. The number of carbonyl (C=O) groups is 1.